The van der Waals surface area contributed by atoms with Crippen molar-refractivity contribution in [1.82, 2.24) is 14.9 Å². The number of piperidine rings is 1. The minimum Gasteiger partial charge on any atom is -0.393 e. The molecule has 3 rings (SSSR count). The number of likely N-dealkylation sites (tertiary alicyclic amines) is 1. The highest BCUT2D eigenvalue weighted by Gasteiger charge is 2.33. The van der Waals surface area contributed by atoms with E-state index in [0.29, 0.717) is 38.4 Å². The topological polar surface area (TPSA) is 69.6 Å². The van der Waals surface area contributed by atoms with E-state index in [-0.39, 0.29) is 17.9 Å². The van der Waals surface area contributed by atoms with Crippen LogP contribution in [0.15, 0.2) is 18.5 Å². The van der Waals surface area contributed by atoms with Crippen molar-refractivity contribution < 1.29 is 9.90 Å². The zero-order valence-electron chi connectivity index (χ0n) is 11.5. The SMILES string of the molecule is O=C(C1CCN(c2ncccn2)C1)N1CCC(O)CC1. The summed E-state index contributed by atoms with van der Waals surface area (Å²) in [6.45, 7) is 2.88. The second kappa shape index (κ2) is 5.75. The van der Waals surface area contributed by atoms with Crippen LogP contribution in [0.4, 0.5) is 5.95 Å². The van der Waals surface area contributed by atoms with Gasteiger partial charge in [0.15, 0.2) is 0 Å². The van der Waals surface area contributed by atoms with Gasteiger partial charge < -0.3 is 14.9 Å². The molecule has 0 bridgehead atoms. The monoisotopic (exact) mass is 276 g/mol. The Bertz CT molecular complexity index is 460. The average Bonchev–Trinajstić information content (AvgIpc) is 2.98. The number of carbonyl (C=O) groups excluding carboxylic acids is 1. The lowest BCUT2D eigenvalue weighted by Gasteiger charge is -2.31. The van der Waals surface area contributed by atoms with Gasteiger partial charge in [-0.2, -0.15) is 0 Å². The van der Waals surface area contributed by atoms with Crippen molar-refractivity contribution in [2.24, 2.45) is 5.92 Å². The Balaban J connectivity index is 1.58. The molecule has 0 saturated carbocycles. The fourth-order valence-corrected chi connectivity index (χ4v) is 2.94. The van der Waals surface area contributed by atoms with Crippen LogP contribution in [0, 0.1) is 5.92 Å². The number of carbonyl (C=O) groups is 1. The molecule has 2 aliphatic heterocycles. The van der Waals surface area contributed by atoms with Gasteiger partial charge in [-0.25, -0.2) is 9.97 Å². The quantitative estimate of drug-likeness (QED) is 0.840. The van der Waals surface area contributed by atoms with E-state index >= 15 is 0 Å². The van der Waals surface area contributed by atoms with Crippen molar-refractivity contribution in [1.29, 1.82) is 0 Å². The van der Waals surface area contributed by atoms with Crippen molar-refractivity contribution in [2.75, 3.05) is 31.1 Å². The first-order valence-corrected chi connectivity index (χ1v) is 7.23. The van der Waals surface area contributed by atoms with Crippen LogP contribution in [0.5, 0.6) is 0 Å². The van der Waals surface area contributed by atoms with E-state index < -0.39 is 0 Å². The molecule has 0 aliphatic carbocycles. The van der Waals surface area contributed by atoms with Gasteiger partial charge in [0, 0.05) is 38.6 Å². The van der Waals surface area contributed by atoms with Crippen LogP contribution in [-0.2, 0) is 4.79 Å². The smallest absolute Gasteiger partial charge is 0.227 e. The first-order valence-electron chi connectivity index (χ1n) is 7.23. The van der Waals surface area contributed by atoms with Crippen LogP contribution in [0.1, 0.15) is 19.3 Å². The Kier molecular flexibility index (Phi) is 3.82. The zero-order valence-corrected chi connectivity index (χ0v) is 11.5. The summed E-state index contributed by atoms with van der Waals surface area (Å²) < 4.78 is 0. The Morgan fingerprint density at radius 2 is 1.85 bits per heavy atom. The van der Waals surface area contributed by atoms with Crippen LogP contribution in [0.25, 0.3) is 0 Å². The lowest BCUT2D eigenvalue weighted by Crippen LogP contribution is -2.43. The summed E-state index contributed by atoms with van der Waals surface area (Å²) in [4.78, 5) is 24.9. The molecule has 20 heavy (non-hydrogen) atoms. The molecule has 0 spiro atoms. The molecular weight excluding hydrogens is 256 g/mol. The second-order valence-corrected chi connectivity index (χ2v) is 5.54. The standard InChI is InChI=1S/C14H20N4O2/c19-12-3-8-17(9-4-12)13(20)11-2-7-18(10-11)14-15-5-1-6-16-14/h1,5-6,11-12,19H,2-4,7-10H2. The fraction of sp³-hybridized carbons (Fsp3) is 0.643. The predicted octanol–water partition coefficient (Wildman–Crippen LogP) is 0.286. The van der Waals surface area contributed by atoms with Crippen molar-refractivity contribution >= 4 is 11.9 Å². The molecule has 0 aromatic carbocycles. The summed E-state index contributed by atoms with van der Waals surface area (Å²) in [6, 6.07) is 1.79. The third-order valence-corrected chi connectivity index (χ3v) is 4.15. The summed E-state index contributed by atoms with van der Waals surface area (Å²) in [5.74, 6) is 0.959. The molecule has 1 N–H and O–H groups in total. The van der Waals surface area contributed by atoms with Crippen LogP contribution in [0.2, 0.25) is 0 Å². The first-order chi connectivity index (χ1) is 9.74. The number of hydrogen-bond donors (Lipinski definition) is 1. The number of aliphatic hydroxyl groups is 1. The van der Waals surface area contributed by atoms with E-state index in [4.69, 9.17) is 0 Å². The number of anilines is 1. The summed E-state index contributed by atoms with van der Waals surface area (Å²) in [7, 11) is 0. The molecule has 2 aliphatic rings. The van der Waals surface area contributed by atoms with Crippen molar-refractivity contribution in [3.63, 3.8) is 0 Å². The molecule has 108 valence electrons. The summed E-state index contributed by atoms with van der Waals surface area (Å²) in [5.41, 5.74) is 0. The van der Waals surface area contributed by atoms with E-state index in [2.05, 4.69) is 14.9 Å². The average molecular weight is 276 g/mol. The molecule has 1 unspecified atom stereocenters. The van der Waals surface area contributed by atoms with Crippen molar-refractivity contribution in [3.05, 3.63) is 18.5 Å². The van der Waals surface area contributed by atoms with Gasteiger partial charge in [0.25, 0.3) is 0 Å². The molecule has 2 saturated heterocycles. The number of aliphatic hydroxyl groups excluding tert-OH is 1. The van der Waals surface area contributed by atoms with Crippen LogP contribution < -0.4 is 4.90 Å². The second-order valence-electron chi connectivity index (χ2n) is 5.54. The van der Waals surface area contributed by atoms with Gasteiger partial charge in [0.1, 0.15) is 0 Å². The molecular formula is C14H20N4O2. The van der Waals surface area contributed by atoms with Crippen molar-refractivity contribution in [3.8, 4) is 0 Å². The highest BCUT2D eigenvalue weighted by Crippen LogP contribution is 2.23. The van der Waals surface area contributed by atoms with E-state index in [0.717, 1.165) is 13.0 Å². The third-order valence-electron chi connectivity index (χ3n) is 4.15. The number of amides is 1. The Morgan fingerprint density at radius 3 is 2.55 bits per heavy atom. The zero-order chi connectivity index (χ0) is 13.9. The Morgan fingerprint density at radius 1 is 1.15 bits per heavy atom. The van der Waals surface area contributed by atoms with Crippen LogP contribution >= 0.6 is 0 Å². The predicted molar refractivity (Wildman–Crippen MR) is 74.2 cm³/mol. The maximum atomic E-state index is 12.5. The van der Waals surface area contributed by atoms with Gasteiger partial charge in [0.2, 0.25) is 11.9 Å². The Labute approximate surface area is 118 Å². The molecule has 3 heterocycles. The van der Waals surface area contributed by atoms with Gasteiger partial charge >= 0.3 is 0 Å². The summed E-state index contributed by atoms with van der Waals surface area (Å²) >= 11 is 0. The summed E-state index contributed by atoms with van der Waals surface area (Å²) in [6.07, 6.45) is 5.47. The van der Waals surface area contributed by atoms with E-state index in [9.17, 15) is 9.90 Å². The van der Waals surface area contributed by atoms with E-state index in [1.54, 1.807) is 18.5 Å². The maximum absolute atomic E-state index is 12.5. The highest BCUT2D eigenvalue weighted by molar-refractivity contribution is 5.80. The molecule has 2 fully saturated rings. The summed E-state index contributed by atoms with van der Waals surface area (Å²) in [5, 5.41) is 9.50. The molecule has 6 heteroatoms. The third kappa shape index (κ3) is 2.75. The van der Waals surface area contributed by atoms with Gasteiger partial charge in [-0.05, 0) is 25.3 Å². The number of aromatic nitrogens is 2. The normalized spacial score (nSPS) is 24.1. The van der Waals surface area contributed by atoms with Gasteiger partial charge in [0.05, 0.1) is 12.0 Å². The van der Waals surface area contributed by atoms with Crippen molar-refractivity contribution in [2.45, 2.75) is 25.4 Å². The van der Waals surface area contributed by atoms with Gasteiger partial charge in [-0.15, -0.1) is 0 Å². The lowest BCUT2D eigenvalue weighted by molar-refractivity contribution is -0.136. The number of rotatable bonds is 2. The molecule has 6 nitrogen and oxygen atoms in total. The number of nitrogens with zero attached hydrogens (tertiary/aromatic N) is 4. The van der Waals surface area contributed by atoms with Gasteiger partial charge in [-0.1, -0.05) is 0 Å². The number of hydrogen-bond acceptors (Lipinski definition) is 5. The van der Waals surface area contributed by atoms with E-state index in [1.807, 2.05) is 4.90 Å². The van der Waals surface area contributed by atoms with Gasteiger partial charge in [-0.3, -0.25) is 4.79 Å². The highest BCUT2D eigenvalue weighted by atomic mass is 16.3. The largest absolute Gasteiger partial charge is 0.393 e. The minimum absolute atomic E-state index is 0.0362. The molecule has 1 aromatic rings. The molecule has 1 aromatic heterocycles. The Hall–Kier alpha value is -1.69. The lowest BCUT2D eigenvalue weighted by atomic mass is 10.0. The molecule has 1 atom stereocenters. The minimum atomic E-state index is -0.239. The molecule has 0 radical (unpaired) electrons. The fourth-order valence-electron chi connectivity index (χ4n) is 2.94. The molecule has 1 amide bonds. The van der Waals surface area contributed by atoms with Crippen LogP contribution in [-0.4, -0.2) is 58.2 Å². The maximum Gasteiger partial charge on any atom is 0.227 e. The van der Waals surface area contributed by atoms with E-state index in [1.165, 1.54) is 0 Å². The first kappa shape index (κ1) is 13.3. The van der Waals surface area contributed by atoms with Crippen LogP contribution in [0.3, 0.4) is 0 Å².